The molecule has 3 atom stereocenters. The molecule has 3 aliphatic heterocycles. The molecule has 6 nitrogen and oxygen atoms in total. The Hall–Kier alpha value is -1.86. The summed E-state index contributed by atoms with van der Waals surface area (Å²) in [6.07, 6.45) is 3.61. The van der Waals surface area contributed by atoms with E-state index in [0.717, 1.165) is 31.0 Å². The molecule has 4 rings (SSSR count). The summed E-state index contributed by atoms with van der Waals surface area (Å²) < 4.78 is 14.1. The Kier molecular flexibility index (Phi) is 4.99. The first kappa shape index (κ1) is 18.5. The largest absolute Gasteiger partial charge is 0.351 e. The topological polar surface area (TPSA) is 50.9 Å². The van der Waals surface area contributed by atoms with E-state index in [4.69, 9.17) is 0 Å². The molecule has 1 fully saturated rings. The first-order valence-corrected chi connectivity index (χ1v) is 9.99. The molecule has 1 aromatic rings. The van der Waals surface area contributed by atoms with E-state index in [2.05, 4.69) is 46.4 Å². The van der Waals surface area contributed by atoms with Crippen molar-refractivity contribution in [2.24, 2.45) is 5.92 Å². The van der Waals surface area contributed by atoms with Gasteiger partial charge in [0.1, 0.15) is 5.82 Å². The van der Waals surface area contributed by atoms with Crippen LogP contribution in [0.15, 0.2) is 12.1 Å². The van der Waals surface area contributed by atoms with Crippen molar-refractivity contribution in [3.8, 4) is 0 Å². The zero-order chi connectivity index (χ0) is 19.1. The van der Waals surface area contributed by atoms with Crippen LogP contribution in [0.25, 0.3) is 0 Å². The molecule has 2 N–H and O–H groups in total. The molecule has 0 aromatic heterocycles. The average Bonchev–Trinajstić information content (AvgIpc) is 2.97. The Labute approximate surface area is 160 Å². The van der Waals surface area contributed by atoms with Crippen molar-refractivity contribution in [2.75, 3.05) is 50.5 Å². The predicted octanol–water partition coefficient (Wildman–Crippen LogP) is 2.14. The summed E-state index contributed by atoms with van der Waals surface area (Å²) in [6.45, 7) is 5.83. The van der Waals surface area contributed by atoms with Crippen LogP contribution in [0.4, 0.5) is 15.8 Å². The van der Waals surface area contributed by atoms with Gasteiger partial charge in [-0.1, -0.05) is 0 Å². The van der Waals surface area contributed by atoms with E-state index < -0.39 is 0 Å². The molecule has 3 heterocycles. The lowest BCUT2D eigenvalue weighted by molar-refractivity contribution is 0.0954. The van der Waals surface area contributed by atoms with Gasteiger partial charge in [0.2, 0.25) is 0 Å². The van der Waals surface area contributed by atoms with Crippen LogP contribution in [-0.2, 0) is 0 Å². The summed E-state index contributed by atoms with van der Waals surface area (Å²) in [4.78, 5) is 19.4. The maximum absolute atomic E-state index is 14.1. The van der Waals surface area contributed by atoms with Gasteiger partial charge in [-0.15, -0.1) is 0 Å². The number of halogens is 1. The third kappa shape index (κ3) is 3.50. The Bertz CT molecular complexity index is 725. The van der Waals surface area contributed by atoms with Crippen molar-refractivity contribution >= 4 is 17.3 Å². The van der Waals surface area contributed by atoms with Crippen molar-refractivity contribution < 1.29 is 9.18 Å². The van der Waals surface area contributed by atoms with Gasteiger partial charge in [0.05, 0.1) is 16.9 Å². The summed E-state index contributed by atoms with van der Waals surface area (Å²) in [6, 6.07) is 3.02. The van der Waals surface area contributed by atoms with Gasteiger partial charge in [-0.05, 0) is 64.9 Å². The van der Waals surface area contributed by atoms with E-state index in [1.165, 1.54) is 31.4 Å². The zero-order valence-electron chi connectivity index (χ0n) is 16.5. The number of hydrogen-bond donors (Lipinski definition) is 2. The Morgan fingerprint density at radius 1 is 1.33 bits per heavy atom. The highest BCUT2D eigenvalue weighted by Crippen LogP contribution is 2.42. The third-order valence-electron chi connectivity index (χ3n) is 6.04. The van der Waals surface area contributed by atoms with Crippen LogP contribution >= 0.6 is 0 Å². The summed E-state index contributed by atoms with van der Waals surface area (Å²) in [5.41, 5.74) is 2.01. The first-order valence-electron chi connectivity index (χ1n) is 9.99. The SMILES string of the molecule is C[C@H]1CNC(=O)c2cc(F)cc3c2N1C(N1CCC[C@H](CCN(C)C)C1)N3. The second kappa shape index (κ2) is 7.28. The summed E-state index contributed by atoms with van der Waals surface area (Å²) in [5.74, 6) is 0.110. The van der Waals surface area contributed by atoms with Gasteiger partial charge in [0, 0.05) is 25.7 Å². The number of piperidine rings is 1. The lowest BCUT2D eigenvalue weighted by Crippen LogP contribution is -2.57. The number of likely N-dealkylation sites (tertiary alicyclic amines) is 1. The molecule has 1 amide bonds. The molecule has 0 radical (unpaired) electrons. The fourth-order valence-electron chi connectivity index (χ4n) is 4.65. The minimum absolute atomic E-state index is 0.0228. The number of amides is 1. The molecule has 27 heavy (non-hydrogen) atoms. The Morgan fingerprint density at radius 2 is 2.15 bits per heavy atom. The van der Waals surface area contributed by atoms with Crippen LogP contribution in [-0.4, -0.2) is 68.3 Å². The minimum Gasteiger partial charge on any atom is -0.351 e. The van der Waals surface area contributed by atoms with Crippen LogP contribution in [0, 0.1) is 11.7 Å². The molecule has 0 bridgehead atoms. The summed E-state index contributed by atoms with van der Waals surface area (Å²) >= 11 is 0. The van der Waals surface area contributed by atoms with E-state index in [0.29, 0.717) is 18.0 Å². The number of anilines is 2. The van der Waals surface area contributed by atoms with E-state index >= 15 is 0 Å². The molecule has 3 aliphatic rings. The van der Waals surface area contributed by atoms with Crippen LogP contribution in [0.2, 0.25) is 0 Å². The maximum Gasteiger partial charge on any atom is 0.253 e. The van der Waals surface area contributed by atoms with Crippen LogP contribution in [0.3, 0.4) is 0 Å². The monoisotopic (exact) mass is 375 g/mol. The Morgan fingerprint density at radius 3 is 2.93 bits per heavy atom. The number of carbonyl (C=O) groups is 1. The molecule has 1 unspecified atom stereocenters. The smallest absolute Gasteiger partial charge is 0.253 e. The van der Waals surface area contributed by atoms with E-state index in [1.54, 1.807) is 0 Å². The zero-order valence-corrected chi connectivity index (χ0v) is 16.5. The lowest BCUT2D eigenvalue weighted by Gasteiger charge is -2.42. The molecule has 0 aliphatic carbocycles. The van der Waals surface area contributed by atoms with Crippen molar-refractivity contribution in [3.63, 3.8) is 0 Å². The molecule has 0 saturated carbocycles. The predicted molar refractivity (Wildman–Crippen MR) is 106 cm³/mol. The molecular formula is C20H30FN5O. The van der Waals surface area contributed by atoms with Crippen molar-refractivity contribution in [2.45, 2.75) is 38.5 Å². The van der Waals surface area contributed by atoms with Crippen molar-refractivity contribution in [3.05, 3.63) is 23.5 Å². The van der Waals surface area contributed by atoms with Crippen LogP contribution < -0.4 is 15.5 Å². The Balaban J connectivity index is 1.60. The molecule has 148 valence electrons. The van der Waals surface area contributed by atoms with Crippen molar-refractivity contribution in [1.29, 1.82) is 0 Å². The third-order valence-corrected chi connectivity index (χ3v) is 6.04. The summed E-state index contributed by atoms with van der Waals surface area (Å²) in [5, 5.41) is 6.45. The fraction of sp³-hybridized carbons (Fsp3) is 0.650. The second-order valence-corrected chi connectivity index (χ2v) is 8.43. The van der Waals surface area contributed by atoms with Crippen LogP contribution in [0.1, 0.15) is 36.5 Å². The highest BCUT2D eigenvalue weighted by atomic mass is 19.1. The number of carbonyl (C=O) groups excluding carboxylic acids is 1. The lowest BCUT2D eigenvalue weighted by atomic mass is 9.94. The van der Waals surface area contributed by atoms with Gasteiger partial charge < -0.3 is 20.4 Å². The molecular weight excluding hydrogens is 345 g/mol. The van der Waals surface area contributed by atoms with E-state index in [1.807, 2.05) is 0 Å². The fourth-order valence-corrected chi connectivity index (χ4v) is 4.65. The number of nitrogens with zero attached hydrogens (tertiary/aromatic N) is 3. The highest BCUT2D eigenvalue weighted by molar-refractivity contribution is 6.04. The molecule has 1 aromatic carbocycles. The average molecular weight is 375 g/mol. The second-order valence-electron chi connectivity index (χ2n) is 8.43. The van der Waals surface area contributed by atoms with Gasteiger partial charge in [-0.3, -0.25) is 9.69 Å². The van der Waals surface area contributed by atoms with E-state index in [9.17, 15) is 9.18 Å². The normalized spacial score (nSPS) is 28.0. The van der Waals surface area contributed by atoms with Crippen molar-refractivity contribution in [1.82, 2.24) is 15.1 Å². The van der Waals surface area contributed by atoms with Gasteiger partial charge in [0.15, 0.2) is 6.29 Å². The number of hydrogen-bond acceptors (Lipinski definition) is 5. The highest BCUT2D eigenvalue weighted by Gasteiger charge is 2.41. The van der Waals surface area contributed by atoms with Gasteiger partial charge >= 0.3 is 0 Å². The van der Waals surface area contributed by atoms with E-state index in [-0.39, 0.29) is 24.1 Å². The summed E-state index contributed by atoms with van der Waals surface area (Å²) in [7, 11) is 4.24. The van der Waals surface area contributed by atoms with Crippen LogP contribution in [0.5, 0.6) is 0 Å². The molecule has 0 spiro atoms. The van der Waals surface area contributed by atoms with Gasteiger partial charge in [-0.25, -0.2) is 4.39 Å². The first-order chi connectivity index (χ1) is 12.9. The number of rotatable bonds is 4. The molecule has 7 heteroatoms. The maximum atomic E-state index is 14.1. The number of benzene rings is 1. The number of nitrogens with one attached hydrogen (secondary N) is 2. The van der Waals surface area contributed by atoms with Gasteiger partial charge in [0.25, 0.3) is 5.91 Å². The quantitative estimate of drug-likeness (QED) is 0.845. The van der Waals surface area contributed by atoms with Gasteiger partial charge in [-0.2, -0.15) is 0 Å². The standard InChI is InChI=1S/C20H30FN5O/c1-13-11-22-19(27)16-9-15(21)10-17-18(16)26(13)20(23-17)25-7-4-5-14(12-25)6-8-24(2)3/h9-10,13-14,20,23H,4-8,11-12H2,1-3H3,(H,22,27)/t13-,14+,20?/m0/s1. The minimum atomic E-state index is -0.371. The molecule has 1 saturated heterocycles.